The molecule has 0 bridgehead atoms. The van der Waals surface area contributed by atoms with Crippen molar-refractivity contribution >= 4 is 10.9 Å². The lowest BCUT2D eigenvalue weighted by molar-refractivity contribution is 0.509. The highest BCUT2D eigenvalue weighted by molar-refractivity contribution is 5.82. The lowest BCUT2D eigenvalue weighted by Crippen LogP contribution is -2.17. The Morgan fingerprint density at radius 3 is 2.89 bits per heavy atom. The minimum absolute atomic E-state index is 0.457. The van der Waals surface area contributed by atoms with Crippen LogP contribution in [-0.4, -0.2) is 12.0 Å². The first-order valence-corrected chi connectivity index (χ1v) is 6.89. The zero-order valence-corrected chi connectivity index (χ0v) is 10.9. The van der Waals surface area contributed by atoms with Gasteiger partial charge in [-0.3, -0.25) is 4.98 Å². The summed E-state index contributed by atoms with van der Waals surface area (Å²) >= 11 is 0. The first-order valence-electron chi connectivity index (χ1n) is 6.89. The Kier molecular flexibility index (Phi) is 3.28. The summed E-state index contributed by atoms with van der Waals surface area (Å²) in [5, 5.41) is 4.75. The van der Waals surface area contributed by atoms with Crippen LogP contribution in [0.5, 0.6) is 0 Å². The first kappa shape index (κ1) is 11.7. The molecule has 0 spiro atoms. The van der Waals surface area contributed by atoms with E-state index >= 15 is 0 Å². The summed E-state index contributed by atoms with van der Waals surface area (Å²) in [5.74, 6) is 0.994. The van der Waals surface area contributed by atoms with Gasteiger partial charge in [-0.15, -0.1) is 0 Å². The summed E-state index contributed by atoms with van der Waals surface area (Å²) in [6, 6.07) is 11.0. The third-order valence-corrected chi connectivity index (χ3v) is 3.97. The van der Waals surface area contributed by atoms with Crippen LogP contribution in [0.15, 0.2) is 36.5 Å². The van der Waals surface area contributed by atoms with E-state index in [1.807, 2.05) is 6.20 Å². The van der Waals surface area contributed by atoms with Gasteiger partial charge in [0.05, 0.1) is 5.52 Å². The van der Waals surface area contributed by atoms with Crippen LogP contribution in [0.4, 0.5) is 0 Å². The number of hydrogen-bond donors (Lipinski definition) is 1. The van der Waals surface area contributed by atoms with E-state index in [0.29, 0.717) is 6.04 Å². The number of benzene rings is 1. The lowest BCUT2D eigenvalue weighted by Gasteiger charge is -2.18. The van der Waals surface area contributed by atoms with Gasteiger partial charge in [0.1, 0.15) is 0 Å². The van der Waals surface area contributed by atoms with Crippen LogP contribution in [0.25, 0.3) is 10.9 Å². The van der Waals surface area contributed by atoms with Crippen molar-refractivity contribution in [3.63, 3.8) is 0 Å². The average molecular weight is 240 g/mol. The molecule has 1 aromatic carbocycles. The molecule has 1 atom stereocenters. The van der Waals surface area contributed by atoms with Crippen LogP contribution < -0.4 is 5.32 Å². The smallest absolute Gasteiger partial charge is 0.0705 e. The van der Waals surface area contributed by atoms with Gasteiger partial charge in [-0.1, -0.05) is 31.0 Å². The average Bonchev–Trinajstić information content (AvgIpc) is 3.24. The summed E-state index contributed by atoms with van der Waals surface area (Å²) in [6.07, 6.45) is 7.39. The zero-order chi connectivity index (χ0) is 12.4. The second-order valence-electron chi connectivity index (χ2n) is 5.28. The molecule has 1 aliphatic rings. The quantitative estimate of drug-likeness (QED) is 0.862. The van der Waals surface area contributed by atoms with Gasteiger partial charge in [-0.2, -0.15) is 0 Å². The molecule has 1 aliphatic carbocycles. The molecule has 1 aromatic heterocycles. The first-order chi connectivity index (χ1) is 8.88. The SMILES string of the molecule is CNC(CCC1CC1)c1ccnc2ccccc12. The fraction of sp³-hybridized carbons (Fsp3) is 0.438. The van der Waals surface area contributed by atoms with Gasteiger partial charge in [0.25, 0.3) is 0 Å². The fourth-order valence-electron chi connectivity index (χ4n) is 2.69. The highest BCUT2D eigenvalue weighted by Crippen LogP contribution is 2.36. The summed E-state index contributed by atoms with van der Waals surface area (Å²) in [6.45, 7) is 0. The van der Waals surface area contributed by atoms with Crippen molar-refractivity contribution in [1.82, 2.24) is 10.3 Å². The van der Waals surface area contributed by atoms with E-state index in [1.165, 1.54) is 36.6 Å². The Bertz CT molecular complexity index is 526. The van der Waals surface area contributed by atoms with E-state index in [-0.39, 0.29) is 0 Å². The monoisotopic (exact) mass is 240 g/mol. The van der Waals surface area contributed by atoms with Crippen molar-refractivity contribution in [1.29, 1.82) is 0 Å². The maximum Gasteiger partial charge on any atom is 0.0705 e. The van der Waals surface area contributed by atoms with E-state index in [4.69, 9.17) is 0 Å². The molecule has 2 nitrogen and oxygen atoms in total. The molecule has 2 aromatic rings. The molecule has 1 saturated carbocycles. The van der Waals surface area contributed by atoms with Crippen molar-refractivity contribution in [3.05, 3.63) is 42.1 Å². The molecule has 1 N–H and O–H groups in total. The maximum absolute atomic E-state index is 4.44. The zero-order valence-electron chi connectivity index (χ0n) is 10.9. The molecule has 0 saturated heterocycles. The summed E-state index contributed by atoms with van der Waals surface area (Å²) in [7, 11) is 2.06. The number of fused-ring (bicyclic) bond motifs is 1. The van der Waals surface area contributed by atoms with E-state index in [1.54, 1.807) is 0 Å². The van der Waals surface area contributed by atoms with Gasteiger partial charge in [0.15, 0.2) is 0 Å². The van der Waals surface area contributed by atoms with Crippen LogP contribution in [0.2, 0.25) is 0 Å². The Morgan fingerprint density at radius 1 is 1.28 bits per heavy atom. The molecule has 1 fully saturated rings. The molecule has 1 unspecified atom stereocenters. The Hall–Kier alpha value is -1.41. The van der Waals surface area contributed by atoms with Crippen molar-refractivity contribution in [2.45, 2.75) is 31.7 Å². The third-order valence-electron chi connectivity index (χ3n) is 3.97. The standard InChI is InChI=1S/C16H20N2/c1-17-15(9-8-12-6-7-12)14-10-11-18-16-5-3-2-4-13(14)16/h2-5,10-12,15,17H,6-9H2,1H3. The van der Waals surface area contributed by atoms with Gasteiger partial charge < -0.3 is 5.32 Å². The highest BCUT2D eigenvalue weighted by atomic mass is 14.9. The Morgan fingerprint density at radius 2 is 2.11 bits per heavy atom. The predicted octanol–water partition coefficient (Wildman–Crippen LogP) is 3.69. The normalized spacial score (nSPS) is 16.9. The molecule has 0 amide bonds. The number of nitrogens with zero attached hydrogens (tertiary/aromatic N) is 1. The molecular weight excluding hydrogens is 220 g/mol. The summed E-state index contributed by atoms with van der Waals surface area (Å²) in [5.41, 5.74) is 2.49. The van der Waals surface area contributed by atoms with E-state index in [9.17, 15) is 0 Å². The minimum atomic E-state index is 0.457. The van der Waals surface area contributed by atoms with Crippen molar-refractivity contribution in [3.8, 4) is 0 Å². The van der Waals surface area contributed by atoms with Crippen molar-refractivity contribution in [2.75, 3.05) is 7.05 Å². The van der Waals surface area contributed by atoms with Crippen LogP contribution in [0, 0.1) is 5.92 Å². The number of aromatic nitrogens is 1. The summed E-state index contributed by atoms with van der Waals surface area (Å²) in [4.78, 5) is 4.44. The van der Waals surface area contributed by atoms with Crippen molar-refractivity contribution in [2.24, 2.45) is 5.92 Å². The molecule has 1 heterocycles. The van der Waals surface area contributed by atoms with Gasteiger partial charge in [0, 0.05) is 17.6 Å². The van der Waals surface area contributed by atoms with Gasteiger partial charge in [-0.25, -0.2) is 0 Å². The third kappa shape index (κ3) is 2.39. The fourth-order valence-corrected chi connectivity index (χ4v) is 2.69. The maximum atomic E-state index is 4.44. The lowest BCUT2D eigenvalue weighted by atomic mass is 9.97. The Balaban J connectivity index is 1.89. The topological polar surface area (TPSA) is 24.9 Å². The minimum Gasteiger partial charge on any atom is -0.313 e. The van der Waals surface area contributed by atoms with E-state index in [2.05, 4.69) is 47.7 Å². The van der Waals surface area contributed by atoms with Crippen LogP contribution >= 0.6 is 0 Å². The van der Waals surface area contributed by atoms with E-state index in [0.717, 1.165) is 11.4 Å². The molecule has 94 valence electrons. The molecule has 2 heteroatoms. The molecule has 0 radical (unpaired) electrons. The summed E-state index contributed by atoms with van der Waals surface area (Å²) < 4.78 is 0. The van der Waals surface area contributed by atoms with Gasteiger partial charge in [0.2, 0.25) is 0 Å². The number of para-hydroxylation sites is 1. The largest absolute Gasteiger partial charge is 0.313 e. The predicted molar refractivity (Wildman–Crippen MR) is 75.5 cm³/mol. The molecular formula is C16H20N2. The Labute approximate surface area is 108 Å². The van der Waals surface area contributed by atoms with Crippen molar-refractivity contribution < 1.29 is 0 Å². The molecule has 18 heavy (non-hydrogen) atoms. The number of pyridine rings is 1. The van der Waals surface area contributed by atoms with Crippen LogP contribution in [-0.2, 0) is 0 Å². The number of hydrogen-bond acceptors (Lipinski definition) is 2. The molecule has 0 aliphatic heterocycles. The number of nitrogens with one attached hydrogen (secondary N) is 1. The van der Waals surface area contributed by atoms with Crippen LogP contribution in [0.3, 0.4) is 0 Å². The second kappa shape index (κ2) is 5.07. The molecule has 3 rings (SSSR count). The van der Waals surface area contributed by atoms with Gasteiger partial charge >= 0.3 is 0 Å². The van der Waals surface area contributed by atoms with Crippen LogP contribution in [0.1, 0.15) is 37.3 Å². The second-order valence-corrected chi connectivity index (χ2v) is 5.28. The van der Waals surface area contributed by atoms with Gasteiger partial charge in [-0.05, 0) is 43.5 Å². The number of rotatable bonds is 5. The van der Waals surface area contributed by atoms with E-state index < -0.39 is 0 Å². The highest BCUT2D eigenvalue weighted by Gasteiger charge is 2.23.